The standard InChI is InChI=1S/C15H21I3N2O2/c1-4-9(15(22)19-5-6-20(2)3)7-10-11(16)8-12(17)14(21)13(10)18/h8-9,21H,4-7H2,1-3H3,(H,19,22)/t9-/m0/s1. The molecule has 1 aromatic carbocycles. The molecule has 0 aliphatic rings. The lowest BCUT2D eigenvalue weighted by Gasteiger charge is -2.19. The minimum atomic E-state index is -0.0661. The van der Waals surface area contributed by atoms with E-state index >= 15 is 0 Å². The zero-order chi connectivity index (χ0) is 16.9. The number of nitrogens with one attached hydrogen (secondary N) is 1. The number of rotatable bonds is 7. The molecule has 0 radical (unpaired) electrons. The van der Waals surface area contributed by atoms with E-state index in [1.807, 2.05) is 32.0 Å². The Morgan fingerprint density at radius 1 is 1.32 bits per heavy atom. The Bertz CT molecular complexity index is 536. The summed E-state index contributed by atoms with van der Waals surface area (Å²) >= 11 is 6.58. The van der Waals surface area contributed by atoms with Gasteiger partial charge < -0.3 is 15.3 Å². The number of phenolic OH excluding ortho intramolecular Hbond substituents is 1. The van der Waals surface area contributed by atoms with E-state index in [2.05, 4.69) is 73.1 Å². The van der Waals surface area contributed by atoms with Gasteiger partial charge in [-0.3, -0.25) is 4.79 Å². The first-order valence-corrected chi connectivity index (χ1v) is 10.3. The molecule has 0 saturated heterocycles. The molecule has 0 spiro atoms. The maximum atomic E-state index is 12.3. The Morgan fingerprint density at radius 2 is 1.95 bits per heavy atom. The summed E-state index contributed by atoms with van der Waals surface area (Å²) < 4.78 is 2.80. The van der Waals surface area contributed by atoms with Crippen LogP contribution in [0.2, 0.25) is 0 Å². The van der Waals surface area contributed by atoms with Gasteiger partial charge in [0.15, 0.2) is 0 Å². The van der Waals surface area contributed by atoms with Crippen LogP contribution in [0.5, 0.6) is 5.75 Å². The van der Waals surface area contributed by atoms with E-state index in [1.165, 1.54) is 0 Å². The first-order chi connectivity index (χ1) is 10.3. The van der Waals surface area contributed by atoms with Gasteiger partial charge in [-0.15, -0.1) is 0 Å². The summed E-state index contributed by atoms with van der Waals surface area (Å²) in [6.45, 7) is 3.53. The predicted molar refractivity (Wildman–Crippen MR) is 115 cm³/mol. The third-order valence-corrected chi connectivity index (χ3v) is 6.36. The summed E-state index contributed by atoms with van der Waals surface area (Å²) in [6, 6.07) is 1.96. The second kappa shape index (κ2) is 9.82. The van der Waals surface area contributed by atoms with Crippen molar-refractivity contribution in [2.75, 3.05) is 27.2 Å². The summed E-state index contributed by atoms with van der Waals surface area (Å²) in [6.07, 6.45) is 1.44. The average molecular weight is 642 g/mol. The Kier molecular flexibility index (Phi) is 9.23. The summed E-state index contributed by atoms with van der Waals surface area (Å²) in [5.74, 6) is 0.345. The van der Waals surface area contributed by atoms with Crippen LogP contribution in [0.1, 0.15) is 18.9 Å². The maximum Gasteiger partial charge on any atom is 0.223 e. The van der Waals surface area contributed by atoms with Crippen molar-refractivity contribution in [3.63, 3.8) is 0 Å². The first kappa shape index (κ1) is 20.7. The molecule has 1 rings (SSSR count). The van der Waals surface area contributed by atoms with Crippen molar-refractivity contribution < 1.29 is 9.90 Å². The SMILES string of the molecule is CC[C@@H](Cc1c(I)cc(I)c(O)c1I)C(=O)NCCN(C)C. The number of likely N-dealkylation sites (N-methyl/N-ethyl adjacent to an activating group) is 1. The normalized spacial score (nSPS) is 12.5. The second-order valence-electron chi connectivity index (χ2n) is 5.38. The van der Waals surface area contributed by atoms with Crippen molar-refractivity contribution in [2.24, 2.45) is 5.92 Å². The zero-order valence-electron chi connectivity index (χ0n) is 12.9. The topological polar surface area (TPSA) is 52.6 Å². The fraction of sp³-hybridized carbons (Fsp3) is 0.533. The highest BCUT2D eigenvalue weighted by atomic mass is 127. The number of phenols is 1. The smallest absolute Gasteiger partial charge is 0.223 e. The molecule has 0 heterocycles. The average Bonchev–Trinajstić information content (AvgIpc) is 2.44. The molecular formula is C15H21I3N2O2. The van der Waals surface area contributed by atoms with Crippen molar-refractivity contribution in [3.05, 3.63) is 22.3 Å². The fourth-order valence-electron chi connectivity index (χ4n) is 2.02. The number of aromatic hydroxyl groups is 1. The van der Waals surface area contributed by atoms with E-state index in [-0.39, 0.29) is 11.8 Å². The molecule has 4 nitrogen and oxygen atoms in total. The number of halogens is 3. The highest BCUT2D eigenvalue weighted by Gasteiger charge is 2.21. The van der Waals surface area contributed by atoms with Gasteiger partial charge in [-0.05, 0) is 106 Å². The van der Waals surface area contributed by atoms with Crippen LogP contribution < -0.4 is 5.32 Å². The van der Waals surface area contributed by atoms with E-state index in [9.17, 15) is 9.90 Å². The molecule has 7 heteroatoms. The number of carbonyl (C=O) groups excluding carboxylic acids is 1. The Labute approximate surface area is 173 Å². The van der Waals surface area contributed by atoms with Gasteiger partial charge in [-0.25, -0.2) is 0 Å². The van der Waals surface area contributed by atoms with Crippen molar-refractivity contribution in [2.45, 2.75) is 19.8 Å². The lowest BCUT2D eigenvalue weighted by atomic mass is 9.96. The number of carbonyl (C=O) groups is 1. The van der Waals surface area contributed by atoms with Crippen LogP contribution in [0.4, 0.5) is 0 Å². The molecule has 1 atom stereocenters. The van der Waals surface area contributed by atoms with Crippen LogP contribution in [-0.2, 0) is 11.2 Å². The van der Waals surface area contributed by atoms with Gasteiger partial charge in [-0.2, -0.15) is 0 Å². The lowest BCUT2D eigenvalue weighted by molar-refractivity contribution is -0.125. The van der Waals surface area contributed by atoms with E-state index in [4.69, 9.17) is 0 Å². The highest BCUT2D eigenvalue weighted by molar-refractivity contribution is 14.1. The maximum absolute atomic E-state index is 12.3. The lowest BCUT2D eigenvalue weighted by Crippen LogP contribution is -2.36. The zero-order valence-corrected chi connectivity index (χ0v) is 19.4. The van der Waals surface area contributed by atoms with Crippen LogP contribution in [0, 0.1) is 16.6 Å². The van der Waals surface area contributed by atoms with Gasteiger partial charge >= 0.3 is 0 Å². The van der Waals surface area contributed by atoms with Crippen LogP contribution in [0.3, 0.4) is 0 Å². The van der Waals surface area contributed by atoms with Crippen LogP contribution >= 0.6 is 67.8 Å². The number of nitrogens with zero attached hydrogens (tertiary/aromatic N) is 1. The quantitative estimate of drug-likeness (QED) is 0.449. The summed E-state index contributed by atoms with van der Waals surface area (Å²) in [7, 11) is 3.98. The number of benzene rings is 1. The molecule has 0 fully saturated rings. The fourth-order valence-corrected chi connectivity index (χ4v) is 5.83. The number of amides is 1. The van der Waals surface area contributed by atoms with Crippen LogP contribution in [-0.4, -0.2) is 43.1 Å². The summed E-state index contributed by atoms with van der Waals surface area (Å²) in [5.41, 5.74) is 1.06. The third-order valence-electron chi connectivity index (χ3n) is 3.41. The molecule has 22 heavy (non-hydrogen) atoms. The van der Waals surface area contributed by atoms with Crippen molar-refractivity contribution in [1.29, 1.82) is 0 Å². The summed E-state index contributed by atoms with van der Waals surface area (Å²) in [4.78, 5) is 14.4. The minimum absolute atomic E-state index is 0.0661. The molecule has 1 amide bonds. The molecule has 1 aromatic rings. The van der Waals surface area contributed by atoms with Crippen LogP contribution in [0.15, 0.2) is 6.07 Å². The molecule has 0 saturated carbocycles. The minimum Gasteiger partial charge on any atom is -0.506 e. The number of hydrogen-bond donors (Lipinski definition) is 2. The van der Waals surface area contributed by atoms with Crippen molar-refractivity contribution in [3.8, 4) is 5.75 Å². The van der Waals surface area contributed by atoms with E-state index in [0.717, 1.165) is 29.2 Å². The van der Waals surface area contributed by atoms with Gasteiger partial charge in [0.05, 0.1) is 7.14 Å². The van der Waals surface area contributed by atoms with Gasteiger partial charge in [0.2, 0.25) is 5.91 Å². The molecule has 2 N–H and O–H groups in total. The molecule has 0 aliphatic heterocycles. The molecule has 0 aliphatic carbocycles. The summed E-state index contributed by atoms with van der Waals surface area (Å²) in [5, 5.41) is 13.1. The molecule has 124 valence electrons. The van der Waals surface area contributed by atoms with Crippen LogP contribution in [0.25, 0.3) is 0 Å². The van der Waals surface area contributed by atoms with E-state index < -0.39 is 0 Å². The Hall–Kier alpha value is 0.640. The predicted octanol–water partition coefficient (Wildman–Crippen LogP) is 3.45. The van der Waals surface area contributed by atoms with Gasteiger partial charge in [0.25, 0.3) is 0 Å². The first-order valence-electron chi connectivity index (χ1n) is 7.05. The van der Waals surface area contributed by atoms with Crippen molar-refractivity contribution in [1.82, 2.24) is 10.2 Å². The van der Waals surface area contributed by atoms with E-state index in [1.54, 1.807) is 0 Å². The number of hydrogen-bond acceptors (Lipinski definition) is 3. The second-order valence-corrected chi connectivity index (χ2v) is 8.79. The molecule has 0 aromatic heterocycles. The van der Waals surface area contributed by atoms with Gasteiger partial charge in [0, 0.05) is 22.6 Å². The molecule has 0 unspecified atom stereocenters. The van der Waals surface area contributed by atoms with E-state index in [0.29, 0.717) is 18.7 Å². The largest absolute Gasteiger partial charge is 0.506 e. The Balaban J connectivity index is 2.82. The van der Waals surface area contributed by atoms with Gasteiger partial charge in [-0.1, -0.05) is 6.92 Å². The molecule has 0 bridgehead atoms. The monoisotopic (exact) mass is 642 g/mol. The van der Waals surface area contributed by atoms with Gasteiger partial charge in [0.1, 0.15) is 5.75 Å². The molecular weight excluding hydrogens is 621 g/mol. The third kappa shape index (κ3) is 5.93. The Morgan fingerprint density at radius 3 is 2.50 bits per heavy atom. The van der Waals surface area contributed by atoms with Crippen molar-refractivity contribution >= 4 is 73.7 Å². The highest BCUT2D eigenvalue weighted by Crippen LogP contribution is 2.34.